The first kappa shape index (κ1) is 51.6. The van der Waals surface area contributed by atoms with Crippen LogP contribution < -0.4 is 5.32 Å². The van der Waals surface area contributed by atoms with Gasteiger partial charge in [-0.1, -0.05) is 199 Å². The van der Waals surface area contributed by atoms with Gasteiger partial charge in [-0.2, -0.15) is 0 Å². The van der Waals surface area contributed by atoms with Crippen LogP contribution in [0.5, 0.6) is 0 Å². The molecule has 6 heteroatoms. The second-order valence-electron chi connectivity index (χ2n) is 16.1. The van der Waals surface area contributed by atoms with E-state index in [2.05, 4.69) is 31.3 Å². The van der Waals surface area contributed by atoms with Crippen molar-refractivity contribution in [2.75, 3.05) is 13.2 Å². The Morgan fingerprint density at radius 3 is 1.38 bits per heavy atom. The molecule has 0 radical (unpaired) electrons. The quantitative estimate of drug-likeness (QED) is 0.0328. The van der Waals surface area contributed by atoms with E-state index in [-0.39, 0.29) is 18.5 Å². The Kier molecular flexibility index (Phi) is 42.2. The molecule has 0 fully saturated rings. The molecule has 0 aromatic heterocycles. The van der Waals surface area contributed by atoms with E-state index in [0.717, 1.165) is 51.4 Å². The van der Waals surface area contributed by atoms with E-state index in [0.29, 0.717) is 25.9 Å². The van der Waals surface area contributed by atoms with Crippen LogP contribution in [-0.2, 0) is 14.3 Å². The Labute approximate surface area is 329 Å². The highest BCUT2D eigenvalue weighted by atomic mass is 16.5. The molecule has 0 aromatic rings. The number of hydrogen-bond acceptors (Lipinski definition) is 5. The van der Waals surface area contributed by atoms with Gasteiger partial charge in [0, 0.05) is 12.8 Å². The van der Waals surface area contributed by atoms with E-state index in [1.165, 1.54) is 167 Å². The molecule has 0 aliphatic carbocycles. The lowest BCUT2D eigenvalue weighted by Gasteiger charge is -2.22. The Morgan fingerprint density at radius 2 is 0.887 bits per heavy atom. The van der Waals surface area contributed by atoms with E-state index >= 15 is 0 Å². The highest BCUT2D eigenvalue weighted by Crippen LogP contribution is 2.16. The van der Waals surface area contributed by atoms with Crippen molar-refractivity contribution in [1.29, 1.82) is 0 Å². The number of hydrogen-bond donors (Lipinski definition) is 3. The maximum absolute atomic E-state index is 12.4. The van der Waals surface area contributed by atoms with Gasteiger partial charge < -0.3 is 20.3 Å². The molecule has 6 nitrogen and oxygen atoms in total. The van der Waals surface area contributed by atoms with E-state index in [1.807, 2.05) is 0 Å². The largest absolute Gasteiger partial charge is 0.466 e. The zero-order chi connectivity index (χ0) is 38.7. The number of esters is 1. The first-order valence-corrected chi connectivity index (χ1v) is 23.4. The maximum Gasteiger partial charge on any atom is 0.305 e. The summed E-state index contributed by atoms with van der Waals surface area (Å²) in [5.41, 5.74) is 0. The van der Waals surface area contributed by atoms with Gasteiger partial charge in [0.1, 0.15) is 0 Å². The molecule has 53 heavy (non-hydrogen) atoms. The van der Waals surface area contributed by atoms with E-state index < -0.39 is 12.1 Å². The Bertz CT molecular complexity index is 787. The summed E-state index contributed by atoms with van der Waals surface area (Å²) < 4.78 is 5.44. The number of allylic oxidation sites excluding steroid dienone is 2. The number of aliphatic hydroxyl groups excluding tert-OH is 2. The van der Waals surface area contributed by atoms with Crippen LogP contribution in [0.1, 0.15) is 251 Å². The van der Waals surface area contributed by atoms with Crippen LogP contribution in [0.2, 0.25) is 0 Å². The summed E-state index contributed by atoms with van der Waals surface area (Å²) >= 11 is 0. The minimum Gasteiger partial charge on any atom is -0.466 e. The van der Waals surface area contributed by atoms with Gasteiger partial charge >= 0.3 is 5.97 Å². The molecule has 0 saturated heterocycles. The van der Waals surface area contributed by atoms with Crippen LogP contribution in [0, 0.1) is 0 Å². The van der Waals surface area contributed by atoms with Gasteiger partial charge in [0.25, 0.3) is 0 Å². The van der Waals surface area contributed by atoms with Crippen molar-refractivity contribution in [3.8, 4) is 0 Å². The lowest BCUT2D eigenvalue weighted by Crippen LogP contribution is -2.45. The number of carbonyl (C=O) groups excluding carboxylic acids is 2. The summed E-state index contributed by atoms with van der Waals surface area (Å²) in [7, 11) is 0. The number of carbonyl (C=O) groups is 2. The Hall–Kier alpha value is -1.40. The molecule has 3 N–H and O–H groups in total. The number of ether oxygens (including phenoxy) is 1. The topological polar surface area (TPSA) is 95.9 Å². The van der Waals surface area contributed by atoms with Crippen LogP contribution in [-0.4, -0.2) is 47.4 Å². The highest BCUT2D eigenvalue weighted by molar-refractivity contribution is 5.76. The smallest absolute Gasteiger partial charge is 0.305 e. The maximum atomic E-state index is 12.4. The van der Waals surface area contributed by atoms with Crippen molar-refractivity contribution >= 4 is 11.9 Å². The number of unbranched alkanes of at least 4 members (excludes halogenated alkanes) is 30. The van der Waals surface area contributed by atoms with Crippen LogP contribution in [0.3, 0.4) is 0 Å². The molecule has 0 aliphatic heterocycles. The van der Waals surface area contributed by atoms with Crippen LogP contribution >= 0.6 is 0 Å². The molecule has 0 heterocycles. The second kappa shape index (κ2) is 43.3. The Balaban J connectivity index is 3.43. The minimum atomic E-state index is -0.668. The molecule has 2 atom stereocenters. The summed E-state index contributed by atoms with van der Waals surface area (Å²) in [4.78, 5) is 24.3. The minimum absolute atomic E-state index is 0.0127. The SMILES string of the molecule is CCCCC/C=C\CCCCCCCC(=O)OCCCCCCCCCCCCCCCCC(=O)NC(CO)C(O)CCCCCCCCCCCC. The summed E-state index contributed by atoms with van der Waals surface area (Å²) in [6, 6.07) is -0.546. The zero-order valence-corrected chi connectivity index (χ0v) is 35.5. The molecule has 0 aromatic carbocycles. The second-order valence-corrected chi connectivity index (χ2v) is 16.1. The van der Waals surface area contributed by atoms with Crippen molar-refractivity contribution in [3.63, 3.8) is 0 Å². The predicted octanol–water partition coefficient (Wildman–Crippen LogP) is 13.4. The third kappa shape index (κ3) is 40.1. The molecule has 0 bridgehead atoms. The van der Waals surface area contributed by atoms with Crippen molar-refractivity contribution in [2.24, 2.45) is 0 Å². The lowest BCUT2D eigenvalue weighted by molar-refractivity contribution is -0.143. The fraction of sp³-hybridized carbons (Fsp3) is 0.915. The van der Waals surface area contributed by atoms with Crippen molar-refractivity contribution < 1.29 is 24.5 Å². The van der Waals surface area contributed by atoms with Crippen LogP contribution in [0.15, 0.2) is 12.2 Å². The van der Waals surface area contributed by atoms with Crippen molar-refractivity contribution in [1.82, 2.24) is 5.32 Å². The summed E-state index contributed by atoms with van der Waals surface area (Å²) in [6.45, 7) is 4.88. The van der Waals surface area contributed by atoms with Gasteiger partial charge in [0.2, 0.25) is 5.91 Å². The monoisotopic (exact) mass is 750 g/mol. The van der Waals surface area contributed by atoms with Crippen molar-refractivity contribution in [3.05, 3.63) is 12.2 Å². The zero-order valence-electron chi connectivity index (χ0n) is 35.5. The van der Waals surface area contributed by atoms with Gasteiger partial charge in [-0.15, -0.1) is 0 Å². The fourth-order valence-electron chi connectivity index (χ4n) is 7.16. The molecular weight excluding hydrogens is 659 g/mol. The highest BCUT2D eigenvalue weighted by Gasteiger charge is 2.20. The fourth-order valence-corrected chi connectivity index (χ4v) is 7.16. The average Bonchev–Trinajstić information content (AvgIpc) is 3.16. The molecule has 0 spiro atoms. The summed E-state index contributed by atoms with van der Waals surface area (Å²) in [5, 5.41) is 23.1. The number of rotatable bonds is 43. The first-order chi connectivity index (χ1) is 26.0. The number of amides is 1. The molecular formula is C47H91NO5. The third-order valence-corrected chi connectivity index (χ3v) is 10.8. The standard InChI is InChI=1S/C47H91NO5/c1-3-5-7-9-11-13-15-21-25-29-33-37-41-47(52)53-42-38-34-30-26-22-19-17-16-18-20-24-28-32-36-40-46(51)48-44(43-49)45(50)39-35-31-27-23-14-12-10-8-6-4-2/h11,13,44-45,49-50H,3-10,12,14-43H2,1-2H3,(H,48,51)/b13-11-. The Morgan fingerprint density at radius 1 is 0.509 bits per heavy atom. The van der Waals surface area contributed by atoms with Gasteiger partial charge in [-0.05, 0) is 51.4 Å². The lowest BCUT2D eigenvalue weighted by atomic mass is 10.0. The van der Waals surface area contributed by atoms with Gasteiger partial charge in [-0.3, -0.25) is 9.59 Å². The van der Waals surface area contributed by atoms with Gasteiger partial charge in [0.05, 0.1) is 25.4 Å². The van der Waals surface area contributed by atoms with E-state index in [4.69, 9.17) is 4.74 Å². The first-order valence-electron chi connectivity index (χ1n) is 23.4. The van der Waals surface area contributed by atoms with Gasteiger partial charge in [-0.25, -0.2) is 0 Å². The third-order valence-electron chi connectivity index (χ3n) is 10.8. The number of nitrogens with one attached hydrogen (secondary N) is 1. The van der Waals surface area contributed by atoms with Crippen molar-refractivity contribution in [2.45, 2.75) is 264 Å². The van der Waals surface area contributed by atoms with Crippen LogP contribution in [0.4, 0.5) is 0 Å². The summed E-state index contributed by atoms with van der Waals surface area (Å²) in [6.07, 6.45) is 47.4. The molecule has 2 unspecified atom stereocenters. The van der Waals surface area contributed by atoms with Crippen LogP contribution in [0.25, 0.3) is 0 Å². The van der Waals surface area contributed by atoms with E-state index in [9.17, 15) is 19.8 Å². The molecule has 0 rings (SSSR count). The van der Waals surface area contributed by atoms with Gasteiger partial charge in [0.15, 0.2) is 0 Å². The normalized spacial score (nSPS) is 12.8. The molecule has 0 saturated carbocycles. The predicted molar refractivity (Wildman–Crippen MR) is 227 cm³/mol. The van der Waals surface area contributed by atoms with E-state index in [1.54, 1.807) is 0 Å². The molecule has 314 valence electrons. The average molecular weight is 750 g/mol. The molecule has 0 aliphatic rings. The summed E-state index contributed by atoms with van der Waals surface area (Å²) in [5.74, 6) is -0.0605. The molecule has 1 amide bonds. The number of aliphatic hydroxyl groups is 2.